The van der Waals surface area contributed by atoms with E-state index in [9.17, 15) is 0 Å². The standard InChI is InChI=1S/C58H50N4/c1-9-33-19-23-37(24-20-33)59-43-17-13-11-15-39(43)51-47(59)27-35-29-49(57(3,4)5)61-45-32-46-42(31-41(45)53(51)55(35)61)54-52-40-16-12-14-18-44(40)60(38-25-21-34(10-2)22-26-38)48(52)28-36-30-50(58(6,7)8)62(46)56(36)54/h11-32H,9-10H2,1-8H3. The van der Waals surface area contributed by atoms with Gasteiger partial charge in [-0.3, -0.25) is 0 Å². The summed E-state index contributed by atoms with van der Waals surface area (Å²) in [5.41, 5.74) is 17.8. The topological polar surface area (TPSA) is 18.7 Å². The van der Waals surface area contributed by atoms with E-state index in [0.29, 0.717) is 0 Å². The predicted octanol–water partition coefficient (Wildman–Crippen LogP) is 15.6. The summed E-state index contributed by atoms with van der Waals surface area (Å²) in [7, 11) is 0. The number of rotatable bonds is 4. The normalized spacial score (nSPS) is 13.3. The van der Waals surface area contributed by atoms with Gasteiger partial charge in [0.1, 0.15) is 0 Å². The lowest BCUT2D eigenvalue weighted by atomic mass is 9.91. The largest absolute Gasteiger partial charge is 0.312 e. The molecule has 0 unspecified atom stereocenters. The number of hydrogen-bond acceptors (Lipinski definition) is 0. The summed E-state index contributed by atoms with van der Waals surface area (Å²) in [4.78, 5) is 0. The third-order valence-corrected chi connectivity index (χ3v) is 14.3. The van der Waals surface area contributed by atoms with E-state index < -0.39 is 0 Å². The highest BCUT2D eigenvalue weighted by Gasteiger charge is 2.31. The summed E-state index contributed by atoms with van der Waals surface area (Å²) in [6.45, 7) is 18.7. The lowest BCUT2D eigenvalue weighted by Gasteiger charge is -2.19. The van der Waals surface area contributed by atoms with E-state index in [1.807, 2.05) is 0 Å². The Morgan fingerprint density at radius 2 is 0.774 bits per heavy atom. The van der Waals surface area contributed by atoms with Crippen molar-refractivity contribution in [1.82, 2.24) is 17.9 Å². The zero-order valence-electron chi connectivity index (χ0n) is 36.9. The minimum Gasteiger partial charge on any atom is -0.312 e. The van der Waals surface area contributed by atoms with Gasteiger partial charge in [0.05, 0.1) is 44.1 Å². The van der Waals surface area contributed by atoms with Crippen molar-refractivity contribution in [3.05, 3.63) is 156 Å². The quantitative estimate of drug-likeness (QED) is 0.169. The maximum Gasteiger partial charge on any atom is 0.0618 e. The van der Waals surface area contributed by atoms with E-state index in [2.05, 4.69) is 207 Å². The number of nitrogens with zero attached hydrogens (tertiary/aromatic N) is 4. The maximum atomic E-state index is 2.63. The first kappa shape index (κ1) is 35.9. The van der Waals surface area contributed by atoms with Crippen molar-refractivity contribution in [3.8, 4) is 11.4 Å². The van der Waals surface area contributed by atoms with Gasteiger partial charge in [-0.2, -0.15) is 0 Å². The third-order valence-electron chi connectivity index (χ3n) is 14.3. The van der Waals surface area contributed by atoms with E-state index in [0.717, 1.165) is 12.8 Å². The summed E-state index contributed by atoms with van der Waals surface area (Å²) in [5.74, 6) is 0. The lowest BCUT2D eigenvalue weighted by molar-refractivity contribution is 0.567. The molecule has 0 N–H and O–H groups in total. The van der Waals surface area contributed by atoms with Crippen LogP contribution in [0.5, 0.6) is 0 Å². The monoisotopic (exact) mass is 802 g/mol. The molecule has 13 aromatic rings. The van der Waals surface area contributed by atoms with Crippen molar-refractivity contribution < 1.29 is 0 Å². The fraction of sp³-hybridized carbons (Fsp3) is 0.207. The molecule has 4 heteroatoms. The Balaban J connectivity index is 1.27. The van der Waals surface area contributed by atoms with Crippen LogP contribution < -0.4 is 0 Å². The molecule has 62 heavy (non-hydrogen) atoms. The summed E-state index contributed by atoms with van der Waals surface area (Å²) >= 11 is 0. The fourth-order valence-corrected chi connectivity index (χ4v) is 11.4. The van der Waals surface area contributed by atoms with Gasteiger partial charge in [-0.25, -0.2) is 0 Å². The highest BCUT2D eigenvalue weighted by atomic mass is 15.0. The average molecular weight is 803 g/mol. The molecule has 0 radical (unpaired) electrons. The van der Waals surface area contributed by atoms with E-state index in [-0.39, 0.29) is 10.8 Å². The third kappa shape index (κ3) is 4.52. The molecule has 0 atom stereocenters. The second kappa shape index (κ2) is 12.0. The zero-order chi connectivity index (χ0) is 42.1. The second-order valence-corrected chi connectivity index (χ2v) is 20.0. The van der Waals surface area contributed by atoms with Crippen LogP contribution in [0, 0.1) is 0 Å². The van der Waals surface area contributed by atoms with Crippen LogP contribution in [-0.2, 0) is 23.7 Å². The summed E-state index contributed by atoms with van der Waals surface area (Å²) in [5, 5.41) is 13.2. The molecule has 0 amide bonds. The van der Waals surface area contributed by atoms with Crippen molar-refractivity contribution in [1.29, 1.82) is 0 Å². The minimum atomic E-state index is -0.0848. The van der Waals surface area contributed by atoms with Crippen molar-refractivity contribution in [2.24, 2.45) is 0 Å². The number of fused-ring (bicyclic) bond motifs is 14. The van der Waals surface area contributed by atoms with Crippen molar-refractivity contribution in [2.45, 2.75) is 79.1 Å². The van der Waals surface area contributed by atoms with Crippen LogP contribution in [-0.4, -0.2) is 17.9 Å². The number of aromatic nitrogens is 4. The highest BCUT2D eigenvalue weighted by molar-refractivity contribution is 6.37. The van der Waals surface area contributed by atoms with E-state index in [1.54, 1.807) is 0 Å². The van der Waals surface area contributed by atoms with E-state index in [4.69, 9.17) is 0 Å². The second-order valence-electron chi connectivity index (χ2n) is 20.0. The molecule has 6 aromatic heterocycles. The molecule has 7 aromatic carbocycles. The van der Waals surface area contributed by atoms with Crippen LogP contribution in [0.3, 0.4) is 0 Å². The molecule has 4 nitrogen and oxygen atoms in total. The van der Waals surface area contributed by atoms with Crippen LogP contribution in [0.15, 0.2) is 133 Å². The van der Waals surface area contributed by atoms with Gasteiger partial charge in [-0.15, -0.1) is 0 Å². The van der Waals surface area contributed by atoms with Gasteiger partial charge in [-0.1, -0.05) is 116 Å². The molecule has 0 spiro atoms. The Hall–Kier alpha value is -6.78. The van der Waals surface area contributed by atoms with Gasteiger partial charge >= 0.3 is 0 Å². The Labute approximate surface area is 360 Å². The molecule has 0 fully saturated rings. The van der Waals surface area contributed by atoms with Gasteiger partial charge in [0.15, 0.2) is 0 Å². The van der Waals surface area contributed by atoms with Gasteiger partial charge < -0.3 is 17.9 Å². The Kier molecular flexibility index (Phi) is 6.94. The molecule has 0 saturated carbocycles. The van der Waals surface area contributed by atoms with E-state index in [1.165, 1.54) is 132 Å². The first-order valence-corrected chi connectivity index (χ1v) is 22.6. The molecule has 0 aliphatic rings. The van der Waals surface area contributed by atoms with Gasteiger partial charge in [-0.05, 0) is 96.8 Å². The number of para-hydroxylation sites is 2. The molecular weight excluding hydrogens is 753 g/mol. The molecule has 0 saturated heterocycles. The number of benzene rings is 7. The summed E-state index contributed by atoms with van der Waals surface area (Å²) in [6.07, 6.45) is 2.05. The lowest BCUT2D eigenvalue weighted by Crippen LogP contribution is -2.14. The van der Waals surface area contributed by atoms with Crippen molar-refractivity contribution >= 4 is 98.0 Å². The Bertz CT molecular complexity index is 3720. The van der Waals surface area contributed by atoms with Gasteiger partial charge in [0.25, 0.3) is 0 Å². The Morgan fingerprint density at radius 3 is 1.16 bits per heavy atom. The van der Waals surface area contributed by atoms with Crippen molar-refractivity contribution in [3.63, 3.8) is 0 Å². The molecule has 6 heterocycles. The fourth-order valence-electron chi connectivity index (χ4n) is 11.4. The number of aryl methyl sites for hydroxylation is 2. The maximum absolute atomic E-state index is 2.63. The number of hydrogen-bond donors (Lipinski definition) is 0. The predicted molar refractivity (Wildman–Crippen MR) is 266 cm³/mol. The SMILES string of the molecule is CCc1ccc(-n2c3ccccc3c3c4c5cc6c7c8c9ccccc9n(-c9ccc(CC)cc9)c8cc8cc(C(C)(C)C)n(c6cc5n5c(C(C)(C)C)cc(cc32)c45)c87)cc1. The van der Waals surface area contributed by atoms with Gasteiger partial charge in [0, 0.05) is 87.5 Å². The van der Waals surface area contributed by atoms with Gasteiger partial charge in [0.2, 0.25) is 0 Å². The smallest absolute Gasteiger partial charge is 0.0618 e. The van der Waals surface area contributed by atoms with Crippen LogP contribution in [0.2, 0.25) is 0 Å². The molecule has 13 rings (SSSR count). The average Bonchev–Trinajstić information content (AvgIpc) is 4.11. The van der Waals surface area contributed by atoms with E-state index >= 15 is 0 Å². The Morgan fingerprint density at radius 1 is 0.371 bits per heavy atom. The van der Waals surface area contributed by atoms with Crippen molar-refractivity contribution in [2.75, 3.05) is 0 Å². The van der Waals surface area contributed by atoms with Crippen LogP contribution >= 0.6 is 0 Å². The highest BCUT2D eigenvalue weighted by Crippen LogP contribution is 2.51. The summed E-state index contributed by atoms with van der Waals surface area (Å²) < 4.78 is 10.3. The van der Waals surface area contributed by atoms with Crippen LogP contribution in [0.1, 0.15) is 77.9 Å². The zero-order valence-corrected chi connectivity index (χ0v) is 36.9. The first-order chi connectivity index (χ1) is 29.9. The van der Waals surface area contributed by atoms with Crippen LogP contribution in [0.25, 0.3) is 109 Å². The first-order valence-electron chi connectivity index (χ1n) is 22.6. The van der Waals surface area contributed by atoms with Crippen LogP contribution in [0.4, 0.5) is 0 Å². The summed E-state index contributed by atoms with van der Waals surface area (Å²) in [6, 6.07) is 51.5. The molecule has 0 aliphatic heterocycles. The molecule has 302 valence electrons. The molecular formula is C58H50N4. The minimum absolute atomic E-state index is 0.0848. The molecule has 0 aliphatic carbocycles. The molecule has 0 bridgehead atoms.